The Labute approximate surface area is 140 Å². The first-order chi connectivity index (χ1) is 11.7. The molecule has 2 aromatic carbocycles. The Morgan fingerprint density at radius 3 is 2.79 bits per heavy atom. The highest BCUT2D eigenvalue weighted by Crippen LogP contribution is 2.31. The van der Waals surface area contributed by atoms with Crippen LogP contribution in [0.1, 0.15) is 5.56 Å². The van der Waals surface area contributed by atoms with Crippen LogP contribution < -0.4 is 19.7 Å². The van der Waals surface area contributed by atoms with E-state index in [1.165, 1.54) is 4.90 Å². The second-order valence-electron chi connectivity index (χ2n) is 5.32. The number of hydrogen-bond acceptors (Lipinski definition) is 4. The van der Waals surface area contributed by atoms with Gasteiger partial charge in [-0.3, -0.25) is 14.5 Å². The van der Waals surface area contributed by atoms with Crippen molar-refractivity contribution in [3.63, 3.8) is 0 Å². The molecule has 0 saturated heterocycles. The van der Waals surface area contributed by atoms with Gasteiger partial charge in [-0.25, -0.2) is 0 Å². The van der Waals surface area contributed by atoms with Crippen LogP contribution in [0.2, 0.25) is 0 Å². The fourth-order valence-corrected chi connectivity index (χ4v) is 2.57. The Bertz CT molecular complexity index is 760. The molecule has 0 atom stereocenters. The second kappa shape index (κ2) is 7.04. The summed E-state index contributed by atoms with van der Waals surface area (Å²) in [6.45, 7) is 0.230. The standard InChI is InChI=1S/C18H18N2O4/c1-23-15-8-4-2-6-13(15)10-19-17(21)11-20-14-7-3-5-9-16(14)24-12-18(20)22/h2-9H,10-12H2,1H3,(H,19,21). The number of nitrogens with one attached hydrogen (secondary N) is 1. The molecule has 3 rings (SSSR count). The molecule has 0 spiro atoms. The molecule has 0 bridgehead atoms. The van der Waals surface area contributed by atoms with Gasteiger partial charge in [-0.1, -0.05) is 30.3 Å². The van der Waals surface area contributed by atoms with Crippen molar-refractivity contribution in [1.29, 1.82) is 0 Å². The molecule has 124 valence electrons. The summed E-state index contributed by atoms with van der Waals surface area (Å²) >= 11 is 0. The topological polar surface area (TPSA) is 67.9 Å². The highest BCUT2D eigenvalue weighted by atomic mass is 16.5. The number of methoxy groups -OCH3 is 1. The molecule has 0 aliphatic carbocycles. The van der Waals surface area contributed by atoms with Gasteiger partial charge in [0.1, 0.15) is 18.0 Å². The number of ether oxygens (including phenoxy) is 2. The summed E-state index contributed by atoms with van der Waals surface area (Å²) in [6.07, 6.45) is 0. The van der Waals surface area contributed by atoms with Gasteiger partial charge in [0, 0.05) is 12.1 Å². The molecule has 1 heterocycles. The maximum atomic E-state index is 12.3. The van der Waals surface area contributed by atoms with Gasteiger partial charge in [-0.15, -0.1) is 0 Å². The molecule has 1 aliphatic heterocycles. The van der Waals surface area contributed by atoms with E-state index in [-0.39, 0.29) is 25.0 Å². The summed E-state index contributed by atoms with van der Waals surface area (Å²) in [4.78, 5) is 25.8. The predicted octanol–water partition coefficient (Wildman–Crippen LogP) is 1.74. The van der Waals surface area contributed by atoms with E-state index in [4.69, 9.17) is 9.47 Å². The number of hydrogen-bond donors (Lipinski definition) is 1. The Balaban J connectivity index is 1.66. The van der Waals surface area contributed by atoms with E-state index in [1.807, 2.05) is 30.3 Å². The van der Waals surface area contributed by atoms with Crippen molar-refractivity contribution in [2.75, 3.05) is 25.2 Å². The molecule has 0 aromatic heterocycles. The third-order valence-corrected chi connectivity index (χ3v) is 3.78. The summed E-state index contributed by atoms with van der Waals surface area (Å²) < 4.78 is 10.6. The fourth-order valence-electron chi connectivity index (χ4n) is 2.57. The van der Waals surface area contributed by atoms with E-state index in [9.17, 15) is 9.59 Å². The lowest BCUT2D eigenvalue weighted by molar-refractivity contribution is -0.125. The quantitative estimate of drug-likeness (QED) is 0.909. The Kier molecular flexibility index (Phi) is 4.65. The highest BCUT2D eigenvalue weighted by molar-refractivity contribution is 6.02. The molecule has 2 aromatic rings. The van der Waals surface area contributed by atoms with E-state index in [0.717, 1.165) is 5.56 Å². The molecule has 0 radical (unpaired) electrons. The smallest absolute Gasteiger partial charge is 0.265 e. The minimum Gasteiger partial charge on any atom is -0.496 e. The molecule has 0 fully saturated rings. The first-order valence-corrected chi connectivity index (χ1v) is 7.60. The Morgan fingerprint density at radius 2 is 1.96 bits per heavy atom. The van der Waals surface area contributed by atoms with Crippen molar-refractivity contribution in [1.82, 2.24) is 5.32 Å². The number of nitrogens with zero attached hydrogens (tertiary/aromatic N) is 1. The van der Waals surface area contributed by atoms with Gasteiger partial charge in [0.05, 0.1) is 12.8 Å². The predicted molar refractivity (Wildman–Crippen MR) is 89.1 cm³/mol. The largest absolute Gasteiger partial charge is 0.496 e. The van der Waals surface area contributed by atoms with Crippen molar-refractivity contribution in [3.8, 4) is 11.5 Å². The summed E-state index contributed by atoms with van der Waals surface area (Å²) in [5.41, 5.74) is 1.49. The van der Waals surface area contributed by atoms with Gasteiger partial charge in [0.15, 0.2) is 6.61 Å². The summed E-state index contributed by atoms with van der Waals surface area (Å²) in [6, 6.07) is 14.6. The lowest BCUT2D eigenvalue weighted by Gasteiger charge is -2.28. The number of fused-ring (bicyclic) bond motifs is 1. The number of benzene rings is 2. The van der Waals surface area contributed by atoms with Crippen LogP contribution in [0.4, 0.5) is 5.69 Å². The van der Waals surface area contributed by atoms with E-state index >= 15 is 0 Å². The van der Waals surface area contributed by atoms with E-state index in [2.05, 4.69) is 5.32 Å². The Morgan fingerprint density at radius 1 is 1.21 bits per heavy atom. The molecule has 2 amide bonds. The monoisotopic (exact) mass is 326 g/mol. The summed E-state index contributed by atoms with van der Waals surface area (Å²) in [5.74, 6) is 0.840. The molecule has 0 saturated carbocycles. The number of carbonyl (C=O) groups excluding carboxylic acids is 2. The first kappa shape index (κ1) is 15.9. The zero-order chi connectivity index (χ0) is 16.9. The van der Waals surface area contributed by atoms with E-state index in [1.54, 1.807) is 25.3 Å². The third kappa shape index (κ3) is 3.32. The molecule has 0 unspecified atom stereocenters. The number of rotatable bonds is 5. The van der Waals surface area contributed by atoms with Crippen molar-refractivity contribution in [3.05, 3.63) is 54.1 Å². The van der Waals surface area contributed by atoms with Crippen molar-refractivity contribution in [2.24, 2.45) is 0 Å². The maximum Gasteiger partial charge on any atom is 0.265 e. The molecule has 6 nitrogen and oxygen atoms in total. The van der Waals surface area contributed by atoms with Gasteiger partial charge in [0.25, 0.3) is 5.91 Å². The number of para-hydroxylation sites is 3. The zero-order valence-electron chi connectivity index (χ0n) is 13.3. The molecule has 24 heavy (non-hydrogen) atoms. The van der Waals surface area contributed by atoms with Crippen LogP contribution in [0.5, 0.6) is 11.5 Å². The summed E-state index contributed by atoms with van der Waals surface area (Å²) in [5, 5.41) is 2.82. The van der Waals surface area contributed by atoms with Crippen molar-refractivity contribution < 1.29 is 19.1 Å². The van der Waals surface area contributed by atoms with Crippen molar-refractivity contribution >= 4 is 17.5 Å². The minimum atomic E-state index is -0.244. The van der Waals surface area contributed by atoms with Crippen LogP contribution in [0.3, 0.4) is 0 Å². The van der Waals surface area contributed by atoms with E-state index in [0.29, 0.717) is 23.7 Å². The minimum absolute atomic E-state index is 0.0473. The zero-order valence-corrected chi connectivity index (χ0v) is 13.3. The number of anilines is 1. The summed E-state index contributed by atoms with van der Waals surface area (Å²) in [7, 11) is 1.59. The van der Waals surface area contributed by atoms with E-state index < -0.39 is 0 Å². The highest BCUT2D eigenvalue weighted by Gasteiger charge is 2.26. The SMILES string of the molecule is COc1ccccc1CNC(=O)CN1C(=O)COc2ccccc21. The maximum absolute atomic E-state index is 12.3. The Hall–Kier alpha value is -3.02. The molecular weight excluding hydrogens is 308 g/mol. The molecule has 1 N–H and O–H groups in total. The van der Waals surface area contributed by atoms with Gasteiger partial charge >= 0.3 is 0 Å². The van der Waals surface area contributed by atoms with Gasteiger partial charge in [-0.2, -0.15) is 0 Å². The second-order valence-corrected chi connectivity index (χ2v) is 5.32. The van der Waals surface area contributed by atoms with Crippen LogP contribution in [-0.4, -0.2) is 32.1 Å². The number of amides is 2. The van der Waals surface area contributed by atoms with Gasteiger partial charge in [-0.05, 0) is 18.2 Å². The average Bonchev–Trinajstić information content (AvgIpc) is 2.62. The van der Waals surface area contributed by atoms with Crippen LogP contribution in [0.25, 0.3) is 0 Å². The van der Waals surface area contributed by atoms with Crippen molar-refractivity contribution in [2.45, 2.75) is 6.54 Å². The third-order valence-electron chi connectivity index (χ3n) is 3.78. The lowest BCUT2D eigenvalue weighted by Crippen LogP contribution is -2.45. The number of carbonyl (C=O) groups is 2. The first-order valence-electron chi connectivity index (χ1n) is 7.60. The van der Waals surface area contributed by atoms with Crippen LogP contribution in [0, 0.1) is 0 Å². The van der Waals surface area contributed by atoms with Crippen LogP contribution >= 0.6 is 0 Å². The molecule has 6 heteroatoms. The van der Waals surface area contributed by atoms with Gasteiger partial charge < -0.3 is 14.8 Å². The fraction of sp³-hybridized carbons (Fsp3) is 0.222. The normalized spacial score (nSPS) is 13.0. The van der Waals surface area contributed by atoms with Crippen LogP contribution in [0.15, 0.2) is 48.5 Å². The van der Waals surface area contributed by atoms with Crippen LogP contribution in [-0.2, 0) is 16.1 Å². The van der Waals surface area contributed by atoms with Gasteiger partial charge in [0.2, 0.25) is 5.91 Å². The molecular formula is C18H18N2O4. The lowest BCUT2D eigenvalue weighted by atomic mass is 10.2. The average molecular weight is 326 g/mol. The molecule has 1 aliphatic rings.